The third kappa shape index (κ3) is 5.00. The Morgan fingerprint density at radius 1 is 0.800 bits per heavy atom. The summed E-state index contributed by atoms with van der Waals surface area (Å²) in [5.41, 5.74) is 2.52. The second-order valence-electron chi connectivity index (χ2n) is 8.20. The fraction of sp³-hybridized carbons (Fsp3) is 0.231. The molecule has 0 spiro atoms. The summed E-state index contributed by atoms with van der Waals surface area (Å²) in [6.45, 7) is 5.37. The predicted octanol–water partition coefficient (Wildman–Crippen LogP) is 4.16. The summed E-state index contributed by atoms with van der Waals surface area (Å²) in [6, 6.07) is 24.1. The molecule has 0 radical (unpaired) electrons. The normalized spacial score (nSPS) is 14.2. The molecule has 1 N–H and O–H groups in total. The average molecular weight is 490 g/mol. The van der Waals surface area contributed by atoms with Gasteiger partial charge in [0.2, 0.25) is 0 Å². The van der Waals surface area contributed by atoms with Crippen LogP contribution in [0.4, 0.5) is 17.3 Å². The number of ether oxygens (including phenoxy) is 1. The monoisotopic (exact) mass is 489 g/mol. The van der Waals surface area contributed by atoms with Crippen LogP contribution in [0.1, 0.15) is 6.92 Å². The summed E-state index contributed by atoms with van der Waals surface area (Å²) in [7, 11) is -3.87. The van der Waals surface area contributed by atoms with E-state index >= 15 is 0 Å². The Bertz CT molecular complexity index is 1400. The minimum absolute atomic E-state index is 0.135. The Morgan fingerprint density at radius 2 is 1.40 bits per heavy atom. The number of para-hydroxylation sites is 3. The molecule has 0 atom stereocenters. The smallest absolute Gasteiger partial charge is 0.263 e. The molecule has 1 fully saturated rings. The molecule has 0 bridgehead atoms. The first-order valence-electron chi connectivity index (χ1n) is 11.6. The van der Waals surface area contributed by atoms with Crippen molar-refractivity contribution in [1.29, 1.82) is 0 Å². The molecule has 1 aliphatic heterocycles. The molecule has 0 saturated carbocycles. The van der Waals surface area contributed by atoms with Crippen LogP contribution in [0.25, 0.3) is 11.0 Å². The van der Waals surface area contributed by atoms with E-state index in [0.29, 0.717) is 36.8 Å². The second-order valence-corrected chi connectivity index (χ2v) is 9.89. The summed E-state index contributed by atoms with van der Waals surface area (Å²) in [4.78, 5) is 14.0. The highest BCUT2D eigenvalue weighted by Crippen LogP contribution is 2.29. The van der Waals surface area contributed by atoms with Crippen LogP contribution < -0.4 is 19.3 Å². The summed E-state index contributed by atoms with van der Waals surface area (Å²) in [5.74, 6) is 1.38. The van der Waals surface area contributed by atoms with E-state index in [1.54, 1.807) is 12.1 Å². The van der Waals surface area contributed by atoms with E-state index in [-0.39, 0.29) is 10.7 Å². The Labute approximate surface area is 205 Å². The molecule has 0 aliphatic carbocycles. The molecule has 2 heterocycles. The molecular formula is C26H27N5O3S. The molecule has 9 heteroatoms. The minimum Gasteiger partial charge on any atom is -0.494 e. The molecule has 4 aromatic rings. The molecule has 1 aromatic heterocycles. The Kier molecular flexibility index (Phi) is 6.41. The number of nitrogens with zero attached hydrogens (tertiary/aromatic N) is 4. The Hall–Kier alpha value is -3.85. The van der Waals surface area contributed by atoms with Crippen LogP contribution in [0.15, 0.2) is 83.8 Å². The number of fused-ring (bicyclic) bond motifs is 1. The number of hydrogen-bond donors (Lipinski definition) is 1. The topological polar surface area (TPSA) is 87.7 Å². The van der Waals surface area contributed by atoms with E-state index in [9.17, 15) is 8.42 Å². The highest BCUT2D eigenvalue weighted by atomic mass is 32.2. The number of anilines is 3. The maximum atomic E-state index is 13.2. The molecule has 0 amide bonds. The van der Waals surface area contributed by atoms with E-state index in [1.807, 2.05) is 49.4 Å². The van der Waals surface area contributed by atoms with Crippen LogP contribution in [-0.4, -0.2) is 51.2 Å². The molecule has 35 heavy (non-hydrogen) atoms. The lowest BCUT2D eigenvalue weighted by Gasteiger charge is -2.37. The van der Waals surface area contributed by atoms with Gasteiger partial charge in [0.1, 0.15) is 5.75 Å². The first-order chi connectivity index (χ1) is 17.0. The second kappa shape index (κ2) is 9.79. The van der Waals surface area contributed by atoms with Crippen molar-refractivity contribution in [3.8, 4) is 5.75 Å². The molecule has 180 valence electrons. The zero-order chi connectivity index (χ0) is 24.3. The van der Waals surface area contributed by atoms with Crippen molar-refractivity contribution in [2.75, 3.05) is 47.3 Å². The summed E-state index contributed by atoms with van der Waals surface area (Å²) >= 11 is 0. The van der Waals surface area contributed by atoms with Crippen molar-refractivity contribution in [3.05, 3.63) is 78.9 Å². The first-order valence-corrected chi connectivity index (χ1v) is 13.1. The lowest BCUT2D eigenvalue weighted by molar-refractivity contribution is 0.340. The number of sulfonamides is 1. The lowest BCUT2D eigenvalue weighted by atomic mass is 10.2. The van der Waals surface area contributed by atoms with Crippen LogP contribution in [0, 0.1) is 0 Å². The van der Waals surface area contributed by atoms with Crippen molar-refractivity contribution in [2.24, 2.45) is 0 Å². The molecule has 0 unspecified atom stereocenters. The highest BCUT2D eigenvalue weighted by Gasteiger charge is 2.25. The van der Waals surface area contributed by atoms with Crippen molar-refractivity contribution in [3.63, 3.8) is 0 Å². The van der Waals surface area contributed by atoms with Gasteiger partial charge in [-0.15, -0.1) is 0 Å². The van der Waals surface area contributed by atoms with Gasteiger partial charge in [-0.2, -0.15) is 0 Å². The first kappa shape index (κ1) is 22.9. The van der Waals surface area contributed by atoms with Crippen LogP contribution >= 0.6 is 0 Å². The number of piperazine rings is 1. The number of hydrogen-bond acceptors (Lipinski definition) is 7. The maximum absolute atomic E-state index is 13.2. The van der Waals surface area contributed by atoms with Crippen molar-refractivity contribution < 1.29 is 13.2 Å². The van der Waals surface area contributed by atoms with E-state index in [4.69, 9.17) is 9.72 Å². The summed E-state index contributed by atoms with van der Waals surface area (Å²) < 4.78 is 34.6. The molecular weight excluding hydrogens is 462 g/mol. The Morgan fingerprint density at radius 3 is 2.06 bits per heavy atom. The lowest BCUT2D eigenvalue weighted by Crippen LogP contribution is -2.47. The largest absolute Gasteiger partial charge is 0.494 e. The molecule has 5 rings (SSSR count). The SMILES string of the molecule is CCOc1ccc(S(=O)(=O)Nc2nc3ccccc3nc2N2CCN(c3ccccc3)CC2)cc1. The standard InChI is InChI=1S/C26H27N5O3S/c1-2-34-21-12-14-22(15-13-21)35(32,33)29-25-26(28-24-11-7-6-10-23(24)27-25)31-18-16-30(17-19-31)20-8-4-3-5-9-20/h3-15H,2,16-19H2,1H3,(H,27,29). The van der Waals surface area contributed by atoms with Crippen molar-refractivity contribution in [2.45, 2.75) is 11.8 Å². The number of aromatic nitrogens is 2. The van der Waals surface area contributed by atoms with Gasteiger partial charge in [-0.1, -0.05) is 30.3 Å². The van der Waals surface area contributed by atoms with Gasteiger partial charge in [-0.05, 0) is 55.5 Å². The number of rotatable bonds is 7. The van der Waals surface area contributed by atoms with Gasteiger partial charge in [0.05, 0.1) is 22.5 Å². The van der Waals surface area contributed by atoms with Crippen LogP contribution in [0.3, 0.4) is 0 Å². The van der Waals surface area contributed by atoms with Gasteiger partial charge in [0.15, 0.2) is 11.6 Å². The third-order valence-corrected chi connectivity index (χ3v) is 7.28. The van der Waals surface area contributed by atoms with Gasteiger partial charge in [0.25, 0.3) is 10.0 Å². The van der Waals surface area contributed by atoms with Gasteiger partial charge in [0, 0.05) is 31.9 Å². The van der Waals surface area contributed by atoms with E-state index in [1.165, 1.54) is 17.8 Å². The van der Waals surface area contributed by atoms with E-state index in [0.717, 1.165) is 18.6 Å². The van der Waals surface area contributed by atoms with Gasteiger partial charge in [-0.3, -0.25) is 4.72 Å². The fourth-order valence-corrected chi connectivity index (χ4v) is 5.17. The zero-order valence-electron chi connectivity index (χ0n) is 19.5. The highest BCUT2D eigenvalue weighted by molar-refractivity contribution is 7.92. The zero-order valence-corrected chi connectivity index (χ0v) is 20.3. The minimum atomic E-state index is -3.87. The predicted molar refractivity (Wildman–Crippen MR) is 139 cm³/mol. The van der Waals surface area contributed by atoms with Gasteiger partial charge in [-0.25, -0.2) is 18.4 Å². The molecule has 8 nitrogen and oxygen atoms in total. The molecule has 1 aliphatic rings. The van der Waals surface area contributed by atoms with E-state index in [2.05, 4.69) is 31.6 Å². The number of nitrogens with one attached hydrogen (secondary N) is 1. The average Bonchev–Trinajstić information content (AvgIpc) is 2.89. The fourth-order valence-electron chi connectivity index (χ4n) is 4.16. The van der Waals surface area contributed by atoms with E-state index < -0.39 is 10.0 Å². The van der Waals surface area contributed by atoms with Gasteiger partial charge < -0.3 is 14.5 Å². The molecule has 1 saturated heterocycles. The Balaban J connectivity index is 1.44. The molecule has 3 aromatic carbocycles. The summed E-state index contributed by atoms with van der Waals surface area (Å²) in [5, 5.41) is 0. The van der Waals surface area contributed by atoms with Crippen molar-refractivity contribution >= 4 is 38.4 Å². The maximum Gasteiger partial charge on any atom is 0.263 e. The van der Waals surface area contributed by atoms with Gasteiger partial charge >= 0.3 is 0 Å². The quantitative estimate of drug-likeness (QED) is 0.417. The summed E-state index contributed by atoms with van der Waals surface area (Å²) in [6.07, 6.45) is 0. The van der Waals surface area contributed by atoms with Crippen LogP contribution in [-0.2, 0) is 10.0 Å². The van der Waals surface area contributed by atoms with Crippen LogP contribution in [0.2, 0.25) is 0 Å². The number of benzene rings is 3. The van der Waals surface area contributed by atoms with Crippen molar-refractivity contribution in [1.82, 2.24) is 9.97 Å². The van der Waals surface area contributed by atoms with Crippen LogP contribution in [0.5, 0.6) is 5.75 Å². The third-order valence-electron chi connectivity index (χ3n) is 5.93.